The topological polar surface area (TPSA) is 115 Å². The minimum Gasteiger partial charge on any atom is -0.366 e. The highest BCUT2D eigenvalue weighted by Crippen LogP contribution is 2.04. The van der Waals surface area contributed by atoms with Crippen LogP contribution in [0.4, 0.5) is 0 Å². The summed E-state index contributed by atoms with van der Waals surface area (Å²) in [5.74, 6) is -0.563. The quantitative estimate of drug-likeness (QED) is 0.620. The van der Waals surface area contributed by atoms with Gasteiger partial charge in [-0.05, 0) is 17.7 Å². The van der Waals surface area contributed by atoms with Gasteiger partial charge in [-0.2, -0.15) is 13.1 Å². The molecule has 0 saturated carbocycles. The van der Waals surface area contributed by atoms with E-state index in [-0.39, 0.29) is 6.54 Å². The Labute approximate surface area is 87.4 Å². The highest BCUT2D eigenvalue weighted by Gasteiger charge is 2.04. The summed E-state index contributed by atoms with van der Waals surface area (Å²) in [4.78, 5) is 10.8. The molecular formula is C8H11N3O3S. The van der Waals surface area contributed by atoms with E-state index in [0.717, 1.165) is 0 Å². The molecule has 15 heavy (non-hydrogen) atoms. The van der Waals surface area contributed by atoms with E-state index in [9.17, 15) is 13.2 Å². The number of rotatable bonds is 4. The minimum atomic E-state index is -3.72. The Hall–Kier alpha value is -1.44. The monoisotopic (exact) mass is 229 g/mol. The molecule has 0 saturated heterocycles. The summed E-state index contributed by atoms with van der Waals surface area (Å²) in [6.45, 7) is 0.0277. The van der Waals surface area contributed by atoms with Gasteiger partial charge in [0, 0.05) is 12.1 Å². The predicted molar refractivity (Wildman–Crippen MR) is 54.9 cm³/mol. The number of carbonyl (C=O) groups is 1. The van der Waals surface area contributed by atoms with Crippen molar-refractivity contribution >= 4 is 16.1 Å². The predicted octanol–water partition coefficient (Wildman–Crippen LogP) is -0.921. The number of primary amides is 1. The molecule has 1 amide bonds. The zero-order valence-electron chi connectivity index (χ0n) is 7.80. The van der Waals surface area contributed by atoms with Crippen LogP contribution in [0.25, 0.3) is 0 Å². The van der Waals surface area contributed by atoms with Crippen LogP contribution in [-0.2, 0) is 16.8 Å². The van der Waals surface area contributed by atoms with Crippen LogP contribution >= 0.6 is 0 Å². The van der Waals surface area contributed by atoms with Crippen LogP contribution in [0.3, 0.4) is 0 Å². The van der Waals surface area contributed by atoms with Crippen LogP contribution < -0.4 is 15.6 Å². The first-order valence-electron chi connectivity index (χ1n) is 4.04. The SMILES string of the molecule is NC(=O)c1cccc(CNS(N)(=O)=O)c1. The van der Waals surface area contributed by atoms with Crippen molar-refractivity contribution in [2.45, 2.75) is 6.54 Å². The normalized spacial score (nSPS) is 11.3. The van der Waals surface area contributed by atoms with Gasteiger partial charge >= 0.3 is 0 Å². The van der Waals surface area contributed by atoms with Crippen molar-refractivity contribution < 1.29 is 13.2 Å². The largest absolute Gasteiger partial charge is 0.366 e. The zero-order valence-corrected chi connectivity index (χ0v) is 8.62. The highest BCUT2D eigenvalue weighted by atomic mass is 32.2. The number of carbonyl (C=O) groups excluding carboxylic acids is 1. The standard InChI is InChI=1S/C8H11N3O3S/c9-8(12)7-3-1-2-6(4-7)5-11-15(10,13)14/h1-4,11H,5H2,(H2,9,12)(H2,10,13,14). The van der Waals surface area contributed by atoms with E-state index >= 15 is 0 Å². The van der Waals surface area contributed by atoms with E-state index in [1.165, 1.54) is 6.07 Å². The maximum absolute atomic E-state index is 10.8. The summed E-state index contributed by atoms with van der Waals surface area (Å²) in [5, 5.41) is 4.75. The number of hydrogen-bond donors (Lipinski definition) is 3. The van der Waals surface area contributed by atoms with Gasteiger partial charge in [-0.25, -0.2) is 5.14 Å². The van der Waals surface area contributed by atoms with Crippen LogP contribution in [-0.4, -0.2) is 14.3 Å². The summed E-state index contributed by atoms with van der Waals surface area (Å²) in [5.41, 5.74) is 6.00. The average molecular weight is 229 g/mol. The fourth-order valence-electron chi connectivity index (χ4n) is 1.02. The van der Waals surface area contributed by atoms with Crippen molar-refractivity contribution in [1.29, 1.82) is 0 Å². The highest BCUT2D eigenvalue weighted by molar-refractivity contribution is 7.87. The van der Waals surface area contributed by atoms with Gasteiger partial charge in [0.25, 0.3) is 10.2 Å². The summed E-state index contributed by atoms with van der Waals surface area (Å²) in [6.07, 6.45) is 0. The van der Waals surface area contributed by atoms with Crippen molar-refractivity contribution in [3.63, 3.8) is 0 Å². The van der Waals surface area contributed by atoms with Crippen LogP contribution in [0.2, 0.25) is 0 Å². The van der Waals surface area contributed by atoms with Gasteiger partial charge in [0.1, 0.15) is 0 Å². The lowest BCUT2D eigenvalue weighted by atomic mass is 10.1. The van der Waals surface area contributed by atoms with Gasteiger partial charge in [0.2, 0.25) is 5.91 Å². The van der Waals surface area contributed by atoms with Crippen LogP contribution in [0.5, 0.6) is 0 Å². The Balaban J connectivity index is 2.79. The fraction of sp³-hybridized carbons (Fsp3) is 0.125. The van der Waals surface area contributed by atoms with Gasteiger partial charge in [0.15, 0.2) is 0 Å². The minimum absolute atomic E-state index is 0.0277. The average Bonchev–Trinajstić information content (AvgIpc) is 2.14. The van der Waals surface area contributed by atoms with E-state index in [2.05, 4.69) is 4.72 Å². The van der Waals surface area contributed by atoms with Crippen molar-refractivity contribution in [3.05, 3.63) is 35.4 Å². The number of nitrogens with one attached hydrogen (secondary N) is 1. The number of benzene rings is 1. The molecule has 0 radical (unpaired) electrons. The maximum Gasteiger partial charge on any atom is 0.274 e. The summed E-state index contributed by atoms with van der Waals surface area (Å²) < 4.78 is 23.3. The third-order valence-electron chi connectivity index (χ3n) is 1.69. The van der Waals surface area contributed by atoms with Crippen LogP contribution in [0.1, 0.15) is 15.9 Å². The van der Waals surface area contributed by atoms with Gasteiger partial charge in [-0.1, -0.05) is 12.1 Å². The molecule has 1 aromatic carbocycles. The Morgan fingerprint density at radius 2 is 2.07 bits per heavy atom. The second-order valence-corrected chi connectivity index (χ2v) is 4.31. The van der Waals surface area contributed by atoms with Gasteiger partial charge in [-0.15, -0.1) is 0 Å². The summed E-state index contributed by atoms with van der Waals surface area (Å²) in [7, 11) is -3.72. The second kappa shape index (κ2) is 4.39. The summed E-state index contributed by atoms with van der Waals surface area (Å²) in [6, 6.07) is 6.31. The van der Waals surface area contributed by atoms with E-state index in [4.69, 9.17) is 10.9 Å². The zero-order chi connectivity index (χ0) is 11.5. The van der Waals surface area contributed by atoms with Crippen LogP contribution in [0, 0.1) is 0 Å². The van der Waals surface area contributed by atoms with Gasteiger partial charge in [0.05, 0.1) is 0 Å². The van der Waals surface area contributed by atoms with Crippen molar-refractivity contribution in [2.24, 2.45) is 10.9 Å². The third kappa shape index (κ3) is 4.07. The van der Waals surface area contributed by atoms with Gasteiger partial charge < -0.3 is 5.73 Å². The Morgan fingerprint density at radius 3 is 2.60 bits per heavy atom. The summed E-state index contributed by atoms with van der Waals surface area (Å²) >= 11 is 0. The maximum atomic E-state index is 10.8. The Kier molecular flexibility index (Phi) is 3.40. The first-order valence-corrected chi connectivity index (χ1v) is 5.59. The molecule has 7 heteroatoms. The lowest BCUT2D eigenvalue weighted by molar-refractivity contribution is 0.1000. The van der Waals surface area contributed by atoms with Crippen LogP contribution in [0.15, 0.2) is 24.3 Å². The van der Waals surface area contributed by atoms with E-state index in [1.54, 1.807) is 18.2 Å². The lowest BCUT2D eigenvalue weighted by Crippen LogP contribution is -2.30. The molecule has 6 nitrogen and oxygen atoms in total. The molecule has 1 rings (SSSR count). The molecule has 0 unspecified atom stereocenters. The van der Waals surface area contributed by atoms with E-state index in [0.29, 0.717) is 11.1 Å². The van der Waals surface area contributed by atoms with Crippen molar-refractivity contribution in [2.75, 3.05) is 0 Å². The third-order valence-corrected chi connectivity index (χ3v) is 2.24. The van der Waals surface area contributed by atoms with E-state index < -0.39 is 16.1 Å². The number of amides is 1. The molecule has 0 aliphatic rings. The molecule has 0 aliphatic heterocycles. The first-order chi connectivity index (χ1) is 6.88. The van der Waals surface area contributed by atoms with Crippen molar-refractivity contribution in [1.82, 2.24) is 4.72 Å². The Bertz CT molecular complexity index is 470. The van der Waals surface area contributed by atoms with Crippen molar-refractivity contribution in [3.8, 4) is 0 Å². The second-order valence-electron chi connectivity index (χ2n) is 2.93. The lowest BCUT2D eigenvalue weighted by Gasteiger charge is -2.03. The number of hydrogen-bond acceptors (Lipinski definition) is 3. The molecule has 0 spiro atoms. The molecule has 0 aliphatic carbocycles. The fourth-order valence-corrected chi connectivity index (χ4v) is 1.39. The van der Waals surface area contributed by atoms with Gasteiger partial charge in [-0.3, -0.25) is 4.79 Å². The molecule has 1 aromatic rings. The molecule has 0 atom stereocenters. The smallest absolute Gasteiger partial charge is 0.274 e. The number of nitrogens with two attached hydrogens (primary N) is 2. The molecule has 0 aromatic heterocycles. The first kappa shape index (κ1) is 11.6. The van der Waals surface area contributed by atoms with E-state index in [1.807, 2.05) is 0 Å². The molecular weight excluding hydrogens is 218 g/mol. The molecule has 0 heterocycles. The molecule has 0 bridgehead atoms. The molecule has 0 fully saturated rings. The molecule has 5 N–H and O–H groups in total. The molecule has 82 valence electrons. The Morgan fingerprint density at radius 1 is 1.40 bits per heavy atom.